The molecule has 1 saturated carbocycles. The molecule has 11 heteroatoms. The van der Waals surface area contributed by atoms with Gasteiger partial charge in [-0.25, -0.2) is 13.1 Å². The number of carbonyl (C=O) groups excluding carboxylic acids is 2. The molecule has 0 unspecified atom stereocenters. The van der Waals surface area contributed by atoms with Crippen molar-refractivity contribution in [1.82, 2.24) is 14.5 Å². The second-order valence-electron chi connectivity index (χ2n) is 7.18. The molecular formula is C18H22F3N3O4S. The van der Waals surface area contributed by atoms with E-state index in [1.165, 1.54) is 4.90 Å². The summed E-state index contributed by atoms with van der Waals surface area (Å²) >= 11 is 0. The van der Waals surface area contributed by atoms with Crippen molar-refractivity contribution < 1.29 is 31.2 Å². The first-order valence-corrected chi connectivity index (χ1v) is 10.8. The largest absolute Gasteiger partial charge is 0.416 e. The summed E-state index contributed by atoms with van der Waals surface area (Å²) < 4.78 is 64.9. The van der Waals surface area contributed by atoms with Gasteiger partial charge in [-0.2, -0.15) is 13.2 Å². The molecule has 0 radical (unpaired) electrons. The van der Waals surface area contributed by atoms with Crippen LogP contribution < -0.4 is 4.72 Å². The predicted molar refractivity (Wildman–Crippen MR) is 97.1 cm³/mol. The lowest BCUT2D eigenvalue weighted by molar-refractivity contribution is -0.143. The number of nitrogens with zero attached hydrogens (tertiary/aromatic N) is 2. The molecular weight excluding hydrogens is 411 g/mol. The molecule has 7 nitrogen and oxygen atoms in total. The van der Waals surface area contributed by atoms with Crippen LogP contribution >= 0.6 is 0 Å². The van der Waals surface area contributed by atoms with E-state index in [9.17, 15) is 31.2 Å². The Balaban J connectivity index is 1.53. The van der Waals surface area contributed by atoms with E-state index in [-0.39, 0.29) is 11.8 Å². The van der Waals surface area contributed by atoms with Crippen molar-refractivity contribution in [1.29, 1.82) is 0 Å². The summed E-state index contributed by atoms with van der Waals surface area (Å²) in [5.74, 6) is -0.304. The molecule has 0 aromatic heterocycles. The maximum atomic E-state index is 12.8. The number of piperazine rings is 1. The average molecular weight is 433 g/mol. The quantitative estimate of drug-likeness (QED) is 0.762. The van der Waals surface area contributed by atoms with Crippen LogP contribution in [0.5, 0.6) is 0 Å². The summed E-state index contributed by atoms with van der Waals surface area (Å²) in [5.41, 5.74) is -1.08. The van der Waals surface area contributed by atoms with E-state index in [2.05, 4.69) is 4.72 Å². The van der Waals surface area contributed by atoms with Gasteiger partial charge in [0.25, 0.3) is 0 Å². The van der Waals surface area contributed by atoms with Crippen molar-refractivity contribution in [2.24, 2.45) is 5.92 Å². The molecule has 2 aliphatic rings. The van der Waals surface area contributed by atoms with E-state index < -0.39 is 39.1 Å². The van der Waals surface area contributed by atoms with E-state index in [4.69, 9.17) is 0 Å². The fourth-order valence-electron chi connectivity index (χ4n) is 3.28. The summed E-state index contributed by atoms with van der Waals surface area (Å²) in [5, 5.41) is 0. The van der Waals surface area contributed by atoms with Crippen LogP contribution in [0.25, 0.3) is 0 Å². The van der Waals surface area contributed by atoms with Crippen molar-refractivity contribution in [2.45, 2.75) is 30.3 Å². The molecule has 1 saturated heterocycles. The Morgan fingerprint density at radius 3 is 2.24 bits per heavy atom. The number of amides is 2. The predicted octanol–water partition coefficient (Wildman–Crippen LogP) is 1.45. The van der Waals surface area contributed by atoms with Crippen LogP contribution in [0.2, 0.25) is 0 Å². The van der Waals surface area contributed by atoms with Crippen molar-refractivity contribution in [2.75, 3.05) is 32.7 Å². The zero-order chi connectivity index (χ0) is 21.2. The molecule has 0 bridgehead atoms. The molecule has 2 amide bonds. The molecule has 0 spiro atoms. The van der Waals surface area contributed by atoms with Gasteiger partial charge < -0.3 is 9.80 Å². The lowest BCUT2D eigenvalue weighted by Gasteiger charge is -2.38. The zero-order valence-electron chi connectivity index (χ0n) is 15.6. The molecule has 1 aromatic carbocycles. The first-order valence-electron chi connectivity index (χ1n) is 9.31. The van der Waals surface area contributed by atoms with Crippen LogP contribution in [0.4, 0.5) is 13.2 Å². The number of hydrogen-bond donors (Lipinski definition) is 1. The standard InChI is InChI=1S/C18H22F3N3O4S/c19-18(20,21)14-5-2-6-15(11-14)29(27,28)22-12-16(25)23-7-9-24(10-8-23)17(26)13-3-1-4-13/h2,5-6,11,13,22H,1,3-4,7-10,12H2. The maximum Gasteiger partial charge on any atom is 0.416 e. The van der Waals surface area contributed by atoms with Crippen molar-refractivity contribution in [3.8, 4) is 0 Å². The molecule has 1 aliphatic heterocycles. The Hall–Kier alpha value is -2.14. The highest BCUT2D eigenvalue weighted by Crippen LogP contribution is 2.30. The average Bonchev–Trinajstić information content (AvgIpc) is 2.64. The second kappa shape index (κ2) is 8.31. The van der Waals surface area contributed by atoms with Gasteiger partial charge in [-0.1, -0.05) is 12.5 Å². The highest BCUT2D eigenvalue weighted by Gasteiger charge is 2.33. The van der Waals surface area contributed by atoms with Crippen LogP contribution in [0.1, 0.15) is 24.8 Å². The normalized spacial score (nSPS) is 18.4. The van der Waals surface area contributed by atoms with Gasteiger partial charge in [0.15, 0.2) is 0 Å². The first-order chi connectivity index (χ1) is 13.6. The van der Waals surface area contributed by atoms with Crippen LogP contribution in [-0.2, 0) is 25.8 Å². The fraction of sp³-hybridized carbons (Fsp3) is 0.556. The van der Waals surface area contributed by atoms with Gasteiger partial charge in [-0.3, -0.25) is 9.59 Å². The van der Waals surface area contributed by atoms with E-state index >= 15 is 0 Å². The lowest BCUT2D eigenvalue weighted by Crippen LogP contribution is -2.54. The summed E-state index contributed by atoms with van der Waals surface area (Å²) in [7, 11) is -4.27. The van der Waals surface area contributed by atoms with E-state index in [0.717, 1.165) is 37.5 Å². The topological polar surface area (TPSA) is 86.8 Å². The molecule has 0 atom stereocenters. The van der Waals surface area contributed by atoms with Gasteiger partial charge in [0.05, 0.1) is 17.0 Å². The number of rotatable bonds is 5. The number of alkyl halides is 3. The number of carbonyl (C=O) groups is 2. The number of benzene rings is 1. The Morgan fingerprint density at radius 2 is 1.69 bits per heavy atom. The van der Waals surface area contributed by atoms with Gasteiger partial charge in [0, 0.05) is 32.1 Å². The maximum absolute atomic E-state index is 12.8. The Bertz CT molecular complexity index is 877. The minimum atomic E-state index is -4.67. The zero-order valence-corrected chi connectivity index (χ0v) is 16.4. The Kier molecular flexibility index (Phi) is 6.18. The summed E-state index contributed by atoms with van der Waals surface area (Å²) in [6, 6.07) is 3.33. The second-order valence-corrected chi connectivity index (χ2v) is 8.95. The third-order valence-corrected chi connectivity index (χ3v) is 6.68. The SMILES string of the molecule is O=C(CNS(=O)(=O)c1cccc(C(F)(F)F)c1)N1CCN(C(=O)C2CCC2)CC1. The summed E-state index contributed by atoms with van der Waals surface area (Å²) in [4.78, 5) is 27.1. The minimum Gasteiger partial charge on any atom is -0.339 e. The van der Waals surface area contributed by atoms with Gasteiger partial charge in [0.1, 0.15) is 0 Å². The van der Waals surface area contributed by atoms with Gasteiger partial charge in [-0.05, 0) is 31.0 Å². The molecule has 29 heavy (non-hydrogen) atoms. The highest BCUT2D eigenvalue weighted by molar-refractivity contribution is 7.89. The molecule has 160 valence electrons. The molecule has 1 N–H and O–H groups in total. The lowest BCUT2D eigenvalue weighted by atomic mass is 9.84. The van der Waals surface area contributed by atoms with E-state index in [1.807, 2.05) is 0 Å². The molecule has 1 aliphatic carbocycles. The van der Waals surface area contributed by atoms with Gasteiger partial charge in [0.2, 0.25) is 21.8 Å². The van der Waals surface area contributed by atoms with Crippen molar-refractivity contribution in [3.63, 3.8) is 0 Å². The van der Waals surface area contributed by atoms with Crippen molar-refractivity contribution in [3.05, 3.63) is 29.8 Å². The molecule has 3 rings (SSSR count). The number of sulfonamides is 1. The molecule has 1 heterocycles. The fourth-order valence-corrected chi connectivity index (χ4v) is 4.30. The van der Waals surface area contributed by atoms with Crippen LogP contribution in [-0.4, -0.2) is 62.8 Å². The number of halogens is 3. The smallest absolute Gasteiger partial charge is 0.339 e. The van der Waals surface area contributed by atoms with E-state index in [0.29, 0.717) is 32.2 Å². The minimum absolute atomic E-state index is 0.0801. The van der Waals surface area contributed by atoms with Gasteiger partial charge in [-0.15, -0.1) is 0 Å². The van der Waals surface area contributed by atoms with Crippen LogP contribution in [0.15, 0.2) is 29.2 Å². The third-order valence-electron chi connectivity index (χ3n) is 5.28. The Morgan fingerprint density at radius 1 is 1.07 bits per heavy atom. The monoisotopic (exact) mass is 433 g/mol. The Labute approximate surface area is 166 Å². The van der Waals surface area contributed by atoms with Crippen LogP contribution in [0, 0.1) is 5.92 Å². The summed E-state index contributed by atoms with van der Waals surface area (Å²) in [6.45, 7) is 0.809. The third kappa shape index (κ3) is 5.08. The molecule has 2 fully saturated rings. The number of hydrogen-bond acceptors (Lipinski definition) is 4. The summed E-state index contributed by atoms with van der Waals surface area (Å²) in [6.07, 6.45) is -1.82. The molecule has 1 aromatic rings. The highest BCUT2D eigenvalue weighted by atomic mass is 32.2. The van der Waals surface area contributed by atoms with Gasteiger partial charge >= 0.3 is 6.18 Å². The van der Waals surface area contributed by atoms with E-state index in [1.54, 1.807) is 4.90 Å². The first kappa shape index (κ1) is 21.6. The van der Waals surface area contributed by atoms with Crippen molar-refractivity contribution >= 4 is 21.8 Å². The number of nitrogens with one attached hydrogen (secondary N) is 1. The van der Waals surface area contributed by atoms with Crippen LogP contribution in [0.3, 0.4) is 0 Å².